The van der Waals surface area contributed by atoms with Crippen LogP contribution in [0.5, 0.6) is 5.75 Å². The molecule has 0 spiro atoms. The van der Waals surface area contributed by atoms with E-state index < -0.39 is 0 Å². The van der Waals surface area contributed by atoms with Gasteiger partial charge in [-0.25, -0.2) is 9.55 Å². The molecule has 0 aliphatic rings. The molecule has 0 fully saturated rings. The normalized spacial score (nSPS) is 10.9. The third-order valence-corrected chi connectivity index (χ3v) is 5.05. The predicted octanol–water partition coefficient (Wildman–Crippen LogP) is 4.97. The number of nitrogens with zero attached hydrogens (tertiary/aromatic N) is 2. The number of halogens is 1. The summed E-state index contributed by atoms with van der Waals surface area (Å²) >= 11 is 6.41. The third kappa shape index (κ3) is 3.82. The van der Waals surface area contributed by atoms with E-state index in [0.717, 1.165) is 16.9 Å². The maximum absolute atomic E-state index is 13.4. The first kappa shape index (κ1) is 19.0. The van der Waals surface area contributed by atoms with E-state index in [2.05, 4.69) is 5.32 Å². The van der Waals surface area contributed by atoms with Crippen molar-refractivity contribution in [2.45, 2.75) is 13.5 Å². The lowest BCUT2D eigenvalue weighted by Gasteiger charge is -2.16. The smallest absolute Gasteiger partial charge is 0.267 e. The number of aromatic nitrogens is 2. The van der Waals surface area contributed by atoms with Gasteiger partial charge in [-0.15, -0.1) is 0 Å². The molecule has 0 aliphatic carbocycles. The molecule has 0 atom stereocenters. The van der Waals surface area contributed by atoms with E-state index >= 15 is 0 Å². The van der Waals surface area contributed by atoms with E-state index in [9.17, 15) is 4.79 Å². The van der Waals surface area contributed by atoms with Crippen LogP contribution < -0.4 is 15.6 Å². The molecule has 29 heavy (non-hydrogen) atoms. The molecule has 1 N–H and O–H groups in total. The SMILES string of the molecule is COc1ccc(CNc2nc3ccc(C)cc3c(=O)n2-c2ccccc2Cl)cc1. The van der Waals surface area contributed by atoms with Crippen molar-refractivity contribution in [3.8, 4) is 11.4 Å². The fraction of sp³-hybridized carbons (Fsp3) is 0.130. The highest BCUT2D eigenvalue weighted by Crippen LogP contribution is 2.23. The summed E-state index contributed by atoms with van der Waals surface area (Å²) in [5.74, 6) is 1.23. The number of anilines is 1. The van der Waals surface area contributed by atoms with Gasteiger partial charge in [-0.05, 0) is 48.9 Å². The fourth-order valence-corrected chi connectivity index (χ4v) is 3.42. The van der Waals surface area contributed by atoms with Crippen LogP contribution in [-0.2, 0) is 6.54 Å². The van der Waals surface area contributed by atoms with Crippen LogP contribution in [0, 0.1) is 6.92 Å². The van der Waals surface area contributed by atoms with Gasteiger partial charge in [0.15, 0.2) is 0 Å². The average Bonchev–Trinajstić information content (AvgIpc) is 2.74. The minimum absolute atomic E-state index is 0.163. The van der Waals surface area contributed by atoms with Crippen LogP contribution >= 0.6 is 11.6 Å². The van der Waals surface area contributed by atoms with Crippen LogP contribution in [0.4, 0.5) is 5.95 Å². The molecule has 0 saturated carbocycles. The van der Waals surface area contributed by atoms with Crippen LogP contribution in [0.25, 0.3) is 16.6 Å². The number of methoxy groups -OCH3 is 1. The minimum Gasteiger partial charge on any atom is -0.497 e. The predicted molar refractivity (Wildman–Crippen MR) is 117 cm³/mol. The molecular formula is C23H20ClN3O2. The van der Waals surface area contributed by atoms with Crippen molar-refractivity contribution in [1.29, 1.82) is 0 Å². The van der Waals surface area contributed by atoms with Gasteiger partial charge in [-0.1, -0.05) is 47.5 Å². The monoisotopic (exact) mass is 405 g/mol. The second-order valence-electron chi connectivity index (χ2n) is 6.75. The van der Waals surface area contributed by atoms with Crippen molar-refractivity contribution >= 4 is 28.5 Å². The zero-order valence-corrected chi connectivity index (χ0v) is 16.9. The maximum atomic E-state index is 13.4. The number of fused-ring (bicyclic) bond motifs is 1. The summed E-state index contributed by atoms with van der Waals surface area (Å²) in [4.78, 5) is 18.1. The van der Waals surface area contributed by atoms with Crippen molar-refractivity contribution in [1.82, 2.24) is 9.55 Å². The number of nitrogens with one attached hydrogen (secondary N) is 1. The largest absolute Gasteiger partial charge is 0.497 e. The molecule has 5 nitrogen and oxygen atoms in total. The molecule has 3 aromatic carbocycles. The van der Waals surface area contributed by atoms with Gasteiger partial charge in [0.25, 0.3) is 5.56 Å². The Morgan fingerprint density at radius 2 is 1.83 bits per heavy atom. The molecule has 0 amide bonds. The number of aryl methyl sites for hydroxylation is 1. The number of hydrogen-bond acceptors (Lipinski definition) is 4. The lowest BCUT2D eigenvalue weighted by molar-refractivity contribution is 0.414. The lowest BCUT2D eigenvalue weighted by atomic mass is 10.1. The average molecular weight is 406 g/mol. The summed E-state index contributed by atoms with van der Waals surface area (Å²) in [5.41, 5.74) is 3.10. The molecule has 1 aromatic heterocycles. The van der Waals surface area contributed by atoms with Gasteiger partial charge in [-0.2, -0.15) is 0 Å². The van der Waals surface area contributed by atoms with E-state index in [4.69, 9.17) is 21.3 Å². The van der Waals surface area contributed by atoms with E-state index in [0.29, 0.717) is 34.1 Å². The summed E-state index contributed by atoms with van der Waals surface area (Å²) in [7, 11) is 1.64. The van der Waals surface area contributed by atoms with Crippen LogP contribution in [0.15, 0.2) is 71.5 Å². The Labute approximate surface area is 173 Å². The van der Waals surface area contributed by atoms with Gasteiger partial charge in [0.05, 0.1) is 28.7 Å². The van der Waals surface area contributed by atoms with E-state index in [1.165, 1.54) is 4.57 Å². The molecule has 4 rings (SSSR count). The summed E-state index contributed by atoms with van der Waals surface area (Å²) < 4.78 is 6.74. The van der Waals surface area contributed by atoms with Gasteiger partial charge in [0.1, 0.15) is 5.75 Å². The number of rotatable bonds is 5. The molecule has 0 aliphatic heterocycles. The van der Waals surface area contributed by atoms with Gasteiger partial charge in [0, 0.05) is 6.54 Å². The Kier molecular flexibility index (Phi) is 5.23. The molecule has 4 aromatic rings. The fourth-order valence-electron chi connectivity index (χ4n) is 3.20. The lowest BCUT2D eigenvalue weighted by Crippen LogP contribution is -2.24. The summed E-state index contributed by atoms with van der Waals surface area (Å²) in [6.07, 6.45) is 0. The highest BCUT2D eigenvalue weighted by molar-refractivity contribution is 6.32. The van der Waals surface area contributed by atoms with E-state index in [1.807, 2.05) is 67.6 Å². The molecule has 0 saturated heterocycles. The van der Waals surface area contributed by atoms with Crippen LogP contribution in [0.3, 0.4) is 0 Å². The number of ether oxygens (including phenoxy) is 1. The second kappa shape index (κ2) is 7.97. The first-order valence-corrected chi connectivity index (χ1v) is 9.60. The Balaban J connectivity index is 1.82. The summed E-state index contributed by atoms with van der Waals surface area (Å²) in [5, 5.41) is 4.33. The molecule has 0 unspecified atom stereocenters. The van der Waals surface area contributed by atoms with Gasteiger partial charge in [-0.3, -0.25) is 4.79 Å². The highest BCUT2D eigenvalue weighted by atomic mass is 35.5. The van der Waals surface area contributed by atoms with Crippen molar-refractivity contribution in [3.05, 3.63) is 93.2 Å². The van der Waals surface area contributed by atoms with Crippen LogP contribution in [0.1, 0.15) is 11.1 Å². The maximum Gasteiger partial charge on any atom is 0.267 e. The van der Waals surface area contributed by atoms with Crippen LogP contribution in [-0.4, -0.2) is 16.7 Å². The zero-order chi connectivity index (χ0) is 20.4. The van der Waals surface area contributed by atoms with Crippen molar-refractivity contribution < 1.29 is 4.74 Å². The number of benzene rings is 3. The molecule has 6 heteroatoms. The van der Waals surface area contributed by atoms with Gasteiger partial charge >= 0.3 is 0 Å². The molecular weight excluding hydrogens is 386 g/mol. The number of hydrogen-bond donors (Lipinski definition) is 1. The topological polar surface area (TPSA) is 56.1 Å². The number of para-hydroxylation sites is 1. The van der Waals surface area contributed by atoms with Crippen molar-refractivity contribution in [3.63, 3.8) is 0 Å². The minimum atomic E-state index is -0.163. The highest BCUT2D eigenvalue weighted by Gasteiger charge is 2.15. The first-order valence-electron chi connectivity index (χ1n) is 9.22. The Morgan fingerprint density at radius 3 is 2.55 bits per heavy atom. The molecule has 146 valence electrons. The Hall–Kier alpha value is -3.31. The Morgan fingerprint density at radius 1 is 1.07 bits per heavy atom. The summed E-state index contributed by atoms with van der Waals surface area (Å²) in [6.45, 7) is 2.45. The third-order valence-electron chi connectivity index (χ3n) is 4.73. The van der Waals surface area contributed by atoms with Crippen LogP contribution in [0.2, 0.25) is 5.02 Å². The summed E-state index contributed by atoms with van der Waals surface area (Å²) in [6, 6.07) is 20.6. The molecule has 1 heterocycles. The van der Waals surface area contributed by atoms with E-state index in [-0.39, 0.29) is 5.56 Å². The standard InChI is InChI=1S/C23H20ClN3O2/c1-15-7-12-20-18(13-15)22(28)27(21-6-4-3-5-19(21)24)23(26-20)25-14-16-8-10-17(29-2)11-9-16/h3-13H,14H2,1-2H3,(H,25,26). The molecule has 0 bridgehead atoms. The second-order valence-corrected chi connectivity index (χ2v) is 7.16. The Bertz CT molecular complexity index is 1230. The van der Waals surface area contributed by atoms with Crippen molar-refractivity contribution in [2.24, 2.45) is 0 Å². The van der Waals surface area contributed by atoms with Gasteiger partial charge < -0.3 is 10.1 Å². The quantitative estimate of drug-likeness (QED) is 0.509. The first-order chi connectivity index (χ1) is 14.1. The van der Waals surface area contributed by atoms with E-state index in [1.54, 1.807) is 13.2 Å². The van der Waals surface area contributed by atoms with Crippen molar-refractivity contribution in [2.75, 3.05) is 12.4 Å². The van der Waals surface area contributed by atoms with Gasteiger partial charge in [0.2, 0.25) is 5.95 Å². The zero-order valence-electron chi connectivity index (χ0n) is 16.1. The molecule has 0 radical (unpaired) electrons.